The zero-order chi connectivity index (χ0) is 13.2. The maximum absolute atomic E-state index is 10.8. The van der Waals surface area contributed by atoms with E-state index in [0.29, 0.717) is 5.56 Å². The molecule has 1 aromatic rings. The maximum Gasteiger partial charge on any atom is 0.345 e. The number of hydrogen-bond acceptors (Lipinski definition) is 4. The van der Waals surface area contributed by atoms with Crippen LogP contribution in [0.25, 0.3) is 0 Å². The highest BCUT2D eigenvalue weighted by atomic mass is 16.6. The van der Waals surface area contributed by atoms with Crippen LogP contribution >= 0.6 is 0 Å². The normalized spacial score (nSPS) is 14.5. The van der Waals surface area contributed by atoms with Gasteiger partial charge in [-0.1, -0.05) is 25.1 Å². The monoisotopic (exact) mass is 249 g/mol. The molecule has 1 fully saturated rings. The molecule has 0 saturated carbocycles. The molecule has 0 unspecified atom stereocenters. The van der Waals surface area contributed by atoms with E-state index in [1.807, 2.05) is 0 Å². The predicted molar refractivity (Wildman–Crippen MR) is 69.3 cm³/mol. The lowest BCUT2D eigenvalue weighted by molar-refractivity contribution is -0.123. The average Bonchev–Trinajstić information content (AvgIpc) is 2.94. The van der Waals surface area contributed by atoms with Crippen LogP contribution < -0.4 is 0 Å². The van der Waals surface area contributed by atoms with Gasteiger partial charge in [-0.25, -0.2) is 4.79 Å². The number of carbonyl (C=O) groups is 2. The fourth-order valence-corrected chi connectivity index (χ4v) is 1.78. The fraction of sp³-hybridized carbons (Fsp3) is 0.429. The van der Waals surface area contributed by atoms with Crippen molar-refractivity contribution in [2.24, 2.45) is 0 Å². The first-order valence-electron chi connectivity index (χ1n) is 6.20. The molecular weight excluding hydrogens is 230 g/mol. The Balaban J connectivity index is 0.000000199. The molecule has 1 saturated heterocycles. The van der Waals surface area contributed by atoms with Gasteiger partial charge in [0.1, 0.15) is 0 Å². The van der Waals surface area contributed by atoms with E-state index >= 15 is 0 Å². The minimum atomic E-state index is -0.624. The number of ether oxygens (including phenoxy) is 1. The van der Waals surface area contributed by atoms with E-state index in [9.17, 15) is 9.59 Å². The van der Waals surface area contributed by atoms with Crippen LogP contribution in [0.4, 0.5) is 0 Å². The Morgan fingerprint density at radius 2 is 1.89 bits per heavy atom. The van der Waals surface area contributed by atoms with Crippen LogP contribution in [0.5, 0.6) is 0 Å². The lowest BCUT2D eigenvalue weighted by Crippen LogP contribution is -2.17. The summed E-state index contributed by atoms with van der Waals surface area (Å²) in [7, 11) is 0. The predicted octanol–water partition coefficient (Wildman–Crippen LogP) is 2.10. The first kappa shape index (κ1) is 14.4. The Morgan fingerprint density at radius 3 is 2.33 bits per heavy atom. The Hall–Kier alpha value is -1.68. The van der Waals surface area contributed by atoms with Gasteiger partial charge in [0.05, 0.1) is 5.56 Å². The van der Waals surface area contributed by atoms with Crippen molar-refractivity contribution in [3.05, 3.63) is 35.9 Å². The highest BCUT2D eigenvalue weighted by molar-refractivity contribution is 5.92. The molecule has 4 nitrogen and oxygen atoms in total. The van der Waals surface area contributed by atoms with Crippen LogP contribution in [0.3, 0.4) is 0 Å². The number of nitrogens with zero attached hydrogens (tertiary/aromatic N) is 1. The third-order valence-corrected chi connectivity index (χ3v) is 2.81. The van der Waals surface area contributed by atoms with Crippen molar-refractivity contribution in [1.29, 1.82) is 0 Å². The first-order chi connectivity index (χ1) is 8.77. The van der Waals surface area contributed by atoms with E-state index in [2.05, 4.69) is 16.6 Å². The van der Waals surface area contributed by atoms with E-state index in [0.717, 1.165) is 0 Å². The number of carbonyl (C=O) groups excluding carboxylic acids is 2. The fourth-order valence-electron chi connectivity index (χ4n) is 1.78. The van der Waals surface area contributed by atoms with Gasteiger partial charge < -0.3 is 9.64 Å². The second-order valence-corrected chi connectivity index (χ2v) is 4.01. The zero-order valence-corrected chi connectivity index (χ0v) is 10.7. The third-order valence-electron chi connectivity index (χ3n) is 2.81. The molecular formula is C14H19NO3. The van der Waals surface area contributed by atoms with Gasteiger partial charge in [-0.05, 0) is 44.6 Å². The molecule has 1 heterocycles. The molecule has 0 atom stereocenters. The molecule has 18 heavy (non-hydrogen) atoms. The largest absolute Gasteiger partial charge is 0.392 e. The molecule has 0 aromatic heterocycles. The molecule has 1 aliphatic rings. The smallest absolute Gasteiger partial charge is 0.345 e. The summed E-state index contributed by atoms with van der Waals surface area (Å²) in [6.45, 7) is 6.29. The molecule has 1 aliphatic heterocycles. The Morgan fingerprint density at radius 1 is 1.28 bits per heavy atom. The molecule has 0 bridgehead atoms. The summed E-state index contributed by atoms with van der Waals surface area (Å²) in [5.41, 5.74) is 0.375. The summed E-state index contributed by atoms with van der Waals surface area (Å²) in [6, 6.07) is 8.32. The summed E-state index contributed by atoms with van der Waals surface area (Å²) in [5.74, 6) is -0.624. The molecule has 98 valence electrons. The molecule has 0 aliphatic carbocycles. The molecule has 1 aromatic carbocycles. The van der Waals surface area contributed by atoms with Crippen LogP contribution in [0.1, 0.15) is 30.1 Å². The van der Waals surface area contributed by atoms with Gasteiger partial charge in [0.15, 0.2) is 0 Å². The number of esters is 1. The second kappa shape index (κ2) is 8.42. The number of hydrogen-bond donors (Lipinski definition) is 0. The minimum Gasteiger partial charge on any atom is -0.392 e. The number of benzene rings is 1. The Labute approximate surface area is 108 Å². The van der Waals surface area contributed by atoms with E-state index in [1.165, 1.54) is 32.5 Å². The molecule has 0 radical (unpaired) electrons. The van der Waals surface area contributed by atoms with Gasteiger partial charge in [0.2, 0.25) is 0 Å². The van der Waals surface area contributed by atoms with Crippen molar-refractivity contribution in [3.8, 4) is 0 Å². The SMILES string of the molecule is CCN1CCCC1.O=COC(=O)c1ccccc1. The van der Waals surface area contributed by atoms with Crippen LogP contribution in [0.2, 0.25) is 0 Å². The summed E-state index contributed by atoms with van der Waals surface area (Å²) in [6.07, 6.45) is 2.85. The minimum absolute atomic E-state index is 0.120. The van der Waals surface area contributed by atoms with Gasteiger partial charge in [-0.15, -0.1) is 0 Å². The summed E-state index contributed by atoms with van der Waals surface area (Å²) in [4.78, 5) is 23.0. The second-order valence-electron chi connectivity index (χ2n) is 4.01. The summed E-state index contributed by atoms with van der Waals surface area (Å²) < 4.78 is 4.11. The van der Waals surface area contributed by atoms with E-state index < -0.39 is 5.97 Å². The first-order valence-corrected chi connectivity index (χ1v) is 6.20. The lowest BCUT2D eigenvalue weighted by atomic mass is 10.2. The highest BCUT2D eigenvalue weighted by Crippen LogP contribution is 2.04. The van der Waals surface area contributed by atoms with E-state index in [4.69, 9.17) is 0 Å². The topological polar surface area (TPSA) is 46.6 Å². The van der Waals surface area contributed by atoms with Gasteiger partial charge in [-0.2, -0.15) is 0 Å². The molecule has 0 spiro atoms. The van der Waals surface area contributed by atoms with Crippen molar-refractivity contribution < 1.29 is 14.3 Å². The van der Waals surface area contributed by atoms with Gasteiger partial charge in [0.25, 0.3) is 0 Å². The van der Waals surface area contributed by atoms with Crippen LogP contribution in [0, 0.1) is 0 Å². The van der Waals surface area contributed by atoms with Crippen LogP contribution in [-0.4, -0.2) is 37.0 Å². The van der Waals surface area contributed by atoms with E-state index in [1.54, 1.807) is 30.3 Å². The Kier molecular flexibility index (Phi) is 6.72. The van der Waals surface area contributed by atoms with Crippen molar-refractivity contribution in [2.75, 3.05) is 19.6 Å². The van der Waals surface area contributed by atoms with E-state index in [-0.39, 0.29) is 6.47 Å². The van der Waals surface area contributed by atoms with Gasteiger partial charge >= 0.3 is 12.4 Å². The Bertz CT molecular complexity index is 359. The maximum atomic E-state index is 10.8. The van der Waals surface area contributed by atoms with Crippen molar-refractivity contribution >= 4 is 12.4 Å². The van der Waals surface area contributed by atoms with Crippen LogP contribution in [-0.2, 0) is 9.53 Å². The average molecular weight is 249 g/mol. The van der Waals surface area contributed by atoms with Crippen molar-refractivity contribution in [2.45, 2.75) is 19.8 Å². The molecule has 4 heteroatoms. The lowest BCUT2D eigenvalue weighted by Gasteiger charge is -2.08. The third kappa shape index (κ3) is 5.10. The number of rotatable bonds is 3. The van der Waals surface area contributed by atoms with Gasteiger partial charge in [-0.3, -0.25) is 4.79 Å². The number of likely N-dealkylation sites (tertiary alicyclic amines) is 1. The molecule has 0 N–H and O–H groups in total. The quantitative estimate of drug-likeness (QED) is 0.467. The van der Waals surface area contributed by atoms with Crippen LogP contribution in [0.15, 0.2) is 30.3 Å². The van der Waals surface area contributed by atoms with Gasteiger partial charge in [0, 0.05) is 0 Å². The molecule has 2 rings (SSSR count). The highest BCUT2D eigenvalue weighted by Gasteiger charge is 2.06. The van der Waals surface area contributed by atoms with Crippen molar-refractivity contribution in [3.63, 3.8) is 0 Å². The summed E-state index contributed by atoms with van der Waals surface area (Å²) in [5, 5.41) is 0. The molecule has 0 amide bonds. The standard InChI is InChI=1S/C8H6O3.C6H13N/c9-6-11-8(10)7-4-2-1-3-5-7;1-2-7-5-3-4-6-7/h1-6H;2-6H2,1H3. The summed E-state index contributed by atoms with van der Waals surface area (Å²) >= 11 is 0. The zero-order valence-electron chi connectivity index (χ0n) is 10.7. The van der Waals surface area contributed by atoms with Crippen molar-refractivity contribution in [1.82, 2.24) is 4.90 Å².